The molecular weight excluding hydrogens is 238 g/mol. The number of nitrogens with one attached hydrogen (secondary N) is 1. The molecule has 0 aliphatic rings. The van der Waals surface area contributed by atoms with Crippen LogP contribution in [0.5, 0.6) is 5.75 Å². The molecule has 1 unspecified atom stereocenters. The Morgan fingerprint density at radius 1 is 1.32 bits per heavy atom. The Balaban J connectivity index is 2.38. The standard InChI is InChI=1S/C15H19N3O/c1-10(16-3)14-9-17-15(18-11(14)2)12-6-5-7-13(8-12)19-4/h5-10,16H,1-4H3. The van der Waals surface area contributed by atoms with Crippen molar-refractivity contribution in [2.45, 2.75) is 19.9 Å². The van der Waals surface area contributed by atoms with Crippen LogP contribution in [-0.4, -0.2) is 24.1 Å². The summed E-state index contributed by atoms with van der Waals surface area (Å²) in [5.41, 5.74) is 3.08. The first kappa shape index (κ1) is 13.5. The molecule has 0 spiro atoms. The first-order valence-electron chi connectivity index (χ1n) is 6.31. The third-order valence-corrected chi connectivity index (χ3v) is 3.24. The molecule has 0 aliphatic carbocycles. The predicted molar refractivity (Wildman–Crippen MR) is 76.2 cm³/mol. The van der Waals surface area contributed by atoms with Crippen molar-refractivity contribution in [2.75, 3.05) is 14.2 Å². The summed E-state index contributed by atoms with van der Waals surface area (Å²) in [6.07, 6.45) is 1.89. The second-order valence-corrected chi connectivity index (χ2v) is 4.48. The third-order valence-electron chi connectivity index (χ3n) is 3.24. The van der Waals surface area contributed by atoms with Gasteiger partial charge < -0.3 is 10.1 Å². The number of benzene rings is 1. The van der Waals surface area contributed by atoms with Gasteiger partial charge in [-0.25, -0.2) is 9.97 Å². The van der Waals surface area contributed by atoms with Crippen LogP contribution in [-0.2, 0) is 0 Å². The second kappa shape index (κ2) is 5.80. The van der Waals surface area contributed by atoms with E-state index in [1.54, 1.807) is 7.11 Å². The van der Waals surface area contributed by atoms with E-state index < -0.39 is 0 Å². The first-order valence-corrected chi connectivity index (χ1v) is 6.31. The van der Waals surface area contributed by atoms with Crippen LogP contribution in [0.1, 0.15) is 24.2 Å². The normalized spacial score (nSPS) is 12.2. The van der Waals surface area contributed by atoms with Gasteiger partial charge in [0.15, 0.2) is 5.82 Å². The van der Waals surface area contributed by atoms with Crippen LogP contribution in [0.3, 0.4) is 0 Å². The van der Waals surface area contributed by atoms with Crippen molar-refractivity contribution in [3.8, 4) is 17.1 Å². The van der Waals surface area contributed by atoms with Crippen molar-refractivity contribution in [1.29, 1.82) is 0 Å². The summed E-state index contributed by atoms with van der Waals surface area (Å²) in [5, 5.41) is 3.20. The molecule has 1 aromatic carbocycles. The highest BCUT2D eigenvalue weighted by Crippen LogP contribution is 2.22. The quantitative estimate of drug-likeness (QED) is 0.915. The van der Waals surface area contributed by atoms with Crippen molar-refractivity contribution < 1.29 is 4.74 Å². The zero-order valence-corrected chi connectivity index (χ0v) is 11.8. The van der Waals surface area contributed by atoms with Gasteiger partial charge in [0.25, 0.3) is 0 Å². The lowest BCUT2D eigenvalue weighted by molar-refractivity contribution is 0.415. The Labute approximate surface area is 113 Å². The van der Waals surface area contributed by atoms with Gasteiger partial charge in [-0.2, -0.15) is 0 Å². The van der Waals surface area contributed by atoms with E-state index in [9.17, 15) is 0 Å². The van der Waals surface area contributed by atoms with Crippen molar-refractivity contribution in [3.63, 3.8) is 0 Å². The molecule has 2 aromatic rings. The molecule has 2 rings (SSSR count). The molecule has 4 nitrogen and oxygen atoms in total. The number of methoxy groups -OCH3 is 1. The average molecular weight is 257 g/mol. The summed E-state index contributed by atoms with van der Waals surface area (Å²) in [4.78, 5) is 9.03. The van der Waals surface area contributed by atoms with Gasteiger partial charge in [-0.15, -0.1) is 0 Å². The van der Waals surface area contributed by atoms with Gasteiger partial charge in [-0.05, 0) is 33.0 Å². The molecule has 1 heterocycles. The Bertz CT molecular complexity index is 569. The highest BCUT2D eigenvalue weighted by molar-refractivity contribution is 5.57. The van der Waals surface area contributed by atoms with Crippen molar-refractivity contribution >= 4 is 0 Å². The third kappa shape index (κ3) is 2.90. The summed E-state index contributed by atoms with van der Waals surface area (Å²) in [7, 11) is 3.59. The molecule has 1 N–H and O–H groups in total. The molecule has 0 saturated heterocycles. The van der Waals surface area contributed by atoms with E-state index in [2.05, 4.69) is 22.2 Å². The number of aryl methyl sites for hydroxylation is 1. The van der Waals surface area contributed by atoms with E-state index in [-0.39, 0.29) is 6.04 Å². The average Bonchev–Trinajstić information content (AvgIpc) is 2.46. The maximum absolute atomic E-state index is 5.22. The molecule has 0 radical (unpaired) electrons. The molecule has 1 aromatic heterocycles. The van der Waals surface area contributed by atoms with Gasteiger partial charge >= 0.3 is 0 Å². The van der Waals surface area contributed by atoms with Gasteiger partial charge in [0.1, 0.15) is 5.75 Å². The molecule has 0 bridgehead atoms. The number of ether oxygens (including phenoxy) is 1. The minimum absolute atomic E-state index is 0.249. The number of hydrogen-bond donors (Lipinski definition) is 1. The van der Waals surface area contributed by atoms with E-state index >= 15 is 0 Å². The Morgan fingerprint density at radius 3 is 2.74 bits per heavy atom. The summed E-state index contributed by atoms with van der Waals surface area (Å²) in [6.45, 7) is 4.10. The SMILES string of the molecule is CNC(C)c1cnc(-c2cccc(OC)c2)nc1C. The maximum atomic E-state index is 5.22. The molecular formula is C15H19N3O. The van der Waals surface area contributed by atoms with Crippen LogP contribution < -0.4 is 10.1 Å². The number of nitrogens with zero attached hydrogens (tertiary/aromatic N) is 2. The number of aromatic nitrogens is 2. The fraction of sp³-hybridized carbons (Fsp3) is 0.333. The fourth-order valence-electron chi connectivity index (χ4n) is 1.96. The smallest absolute Gasteiger partial charge is 0.159 e. The highest BCUT2D eigenvalue weighted by atomic mass is 16.5. The van der Waals surface area contributed by atoms with Crippen LogP contribution in [0.2, 0.25) is 0 Å². The molecule has 4 heteroatoms. The lowest BCUT2D eigenvalue weighted by Crippen LogP contribution is -2.14. The largest absolute Gasteiger partial charge is 0.497 e. The lowest BCUT2D eigenvalue weighted by atomic mass is 10.1. The van der Waals surface area contributed by atoms with Crippen molar-refractivity contribution in [1.82, 2.24) is 15.3 Å². The zero-order valence-electron chi connectivity index (χ0n) is 11.8. The van der Waals surface area contributed by atoms with Gasteiger partial charge in [-0.3, -0.25) is 0 Å². The summed E-state index contributed by atoms with van der Waals surface area (Å²) < 4.78 is 5.22. The highest BCUT2D eigenvalue weighted by Gasteiger charge is 2.10. The van der Waals surface area contributed by atoms with Crippen LogP contribution in [0.15, 0.2) is 30.5 Å². The predicted octanol–water partition coefficient (Wildman–Crippen LogP) is 2.74. The number of rotatable bonds is 4. The zero-order chi connectivity index (χ0) is 13.8. The Hall–Kier alpha value is -1.94. The van der Waals surface area contributed by atoms with E-state index in [1.807, 2.05) is 44.4 Å². The van der Waals surface area contributed by atoms with E-state index in [1.165, 1.54) is 0 Å². The minimum Gasteiger partial charge on any atom is -0.497 e. The Morgan fingerprint density at radius 2 is 2.11 bits per heavy atom. The second-order valence-electron chi connectivity index (χ2n) is 4.48. The molecule has 0 saturated carbocycles. The number of hydrogen-bond acceptors (Lipinski definition) is 4. The molecule has 0 amide bonds. The molecule has 0 aliphatic heterocycles. The van der Waals surface area contributed by atoms with Crippen LogP contribution in [0, 0.1) is 6.92 Å². The summed E-state index contributed by atoms with van der Waals surface area (Å²) >= 11 is 0. The molecule has 100 valence electrons. The fourth-order valence-corrected chi connectivity index (χ4v) is 1.96. The lowest BCUT2D eigenvalue weighted by Gasteiger charge is -2.13. The molecule has 19 heavy (non-hydrogen) atoms. The molecule has 1 atom stereocenters. The topological polar surface area (TPSA) is 47.0 Å². The van der Waals surface area contributed by atoms with Gasteiger partial charge in [0.05, 0.1) is 7.11 Å². The van der Waals surface area contributed by atoms with Gasteiger partial charge in [-0.1, -0.05) is 12.1 Å². The van der Waals surface area contributed by atoms with Crippen LogP contribution in [0.4, 0.5) is 0 Å². The maximum Gasteiger partial charge on any atom is 0.159 e. The van der Waals surface area contributed by atoms with E-state index in [0.29, 0.717) is 0 Å². The van der Waals surface area contributed by atoms with Crippen molar-refractivity contribution in [3.05, 3.63) is 41.7 Å². The van der Waals surface area contributed by atoms with Crippen LogP contribution in [0.25, 0.3) is 11.4 Å². The molecule has 0 fully saturated rings. The van der Waals surface area contributed by atoms with Gasteiger partial charge in [0, 0.05) is 29.1 Å². The summed E-state index contributed by atoms with van der Waals surface area (Å²) in [6, 6.07) is 8.03. The van der Waals surface area contributed by atoms with E-state index in [0.717, 1.165) is 28.4 Å². The van der Waals surface area contributed by atoms with Crippen LogP contribution >= 0.6 is 0 Å². The summed E-state index contributed by atoms with van der Waals surface area (Å²) in [5.74, 6) is 1.54. The van der Waals surface area contributed by atoms with E-state index in [4.69, 9.17) is 4.74 Å². The van der Waals surface area contributed by atoms with Crippen molar-refractivity contribution in [2.24, 2.45) is 0 Å². The monoisotopic (exact) mass is 257 g/mol. The first-order chi connectivity index (χ1) is 9.15. The minimum atomic E-state index is 0.249. The Kier molecular flexibility index (Phi) is 4.12. The van der Waals surface area contributed by atoms with Gasteiger partial charge in [0.2, 0.25) is 0 Å².